The van der Waals surface area contributed by atoms with Gasteiger partial charge in [0.05, 0.1) is 0 Å². The van der Waals surface area contributed by atoms with E-state index in [0.29, 0.717) is 0 Å². The fourth-order valence-corrected chi connectivity index (χ4v) is 2.64. The second-order valence-electron chi connectivity index (χ2n) is 7.42. The van der Waals surface area contributed by atoms with Crippen LogP contribution < -0.4 is 5.32 Å². The number of rotatable bonds is 6. The molecule has 4 heteroatoms. The van der Waals surface area contributed by atoms with E-state index in [-0.39, 0.29) is 12.1 Å². The molecule has 0 aromatic carbocycles. The average molecular weight is 298 g/mol. The van der Waals surface area contributed by atoms with Crippen molar-refractivity contribution in [3.63, 3.8) is 0 Å². The molecule has 1 amide bonds. The van der Waals surface area contributed by atoms with E-state index < -0.39 is 5.60 Å². The minimum Gasteiger partial charge on any atom is -0.444 e. The number of likely N-dealkylation sites (tertiary alicyclic amines) is 1. The van der Waals surface area contributed by atoms with Gasteiger partial charge in [0, 0.05) is 19.1 Å². The van der Waals surface area contributed by atoms with Crippen LogP contribution in [0, 0.1) is 5.92 Å². The molecule has 0 radical (unpaired) electrons. The molecule has 1 aliphatic rings. The molecule has 1 rings (SSSR count). The molecule has 0 aliphatic carbocycles. The molecule has 1 aliphatic heterocycles. The largest absolute Gasteiger partial charge is 0.444 e. The van der Waals surface area contributed by atoms with Gasteiger partial charge in [-0.2, -0.15) is 0 Å². The minimum atomic E-state index is -0.416. The molecule has 1 saturated heterocycles. The molecule has 0 saturated carbocycles. The van der Waals surface area contributed by atoms with Crippen molar-refractivity contribution in [2.45, 2.75) is 78.4 Å². The van der Waals surface area contributed by atoms with E-state index in [1.54, 1.807) is 0 Å². The number of hydrogen-bond acceptors (Lipinski definition) is 3. The van der Waals surface area contributed by atoms with Gasteiger partial charge in [0.25, 0.3) is 0 Å². The fraction of sp³-hybridized carbons (Fsp3) is 0.941. The average Bonchev–Trinajstić information content (AvgIpc) is 2.38. The first-order chi connectivity index (χ1) is 9.80. The van der Waals surface area contributed by atoms with Crippen LogP contribution in [0.4, 0.5) is 4.79 Å². The predicted molar refractivity (Wildman–Crippen MR) is 87.5 cm³/mol. The van der Waals surface area contributed by atoms with Crippen molar-refractivity contribution in [1.29, 1.82) is 0 Å². The van der Waals surface area contributed by atoms with Crippen LogP contribution in [-0.2, 0) is 4.74 Å². The van der Waals surface area contributed by atoms with E-state index in [2.05, 4.69) is 24.1 Å². The molecule has 0 aromatic heterocycles. The summed E-state index contributed by atoms with van der Waals surface area (Å²) in [4.78, 5) is 14.3. The molecule has 0 aromatic rings. The number of piperidine rings is 1. The van der Waals surface area contributed by atoms with Crippen molar-refractivity contribution in [3.8, 4) is 0 Å². The minimum absolute atomic E-state index is 0.269. The summed E-state index contributed by atoms with van der Waals surface area (Å²) in [6, 6.07) is 0.269. The molecule has 21 heavy (non-hydrogen) atoms. The van der Waals surface area contributed by atoms with Gasteiger partial charge in [-0.05, 0) is 58.9 Å². The quantitative estimate of drug-likeness (QED) is 0.811. The number of hydrogen-bond donors (Lipinski definition) is 1. The second-order valence-corrected chi connectivity index (χ2v) is 7.42. The van der Waals surface area contributed by atoms with Gasteiger partial charge in [0.15, 0.2) is 0 Å². The van der Waals surface area contributed by atoms with Gasteiger partial charge in [-0.1, -0.05) is 20.3 Å². The summed E-state index contributed by atoms with van der Waals surface area (Å²) in [5.41, 5.74) is -0.416. The first-order valence-electron chi connectivity index (χ1n) is 8.52. The zero-order chi connectivity index (χ0) is 15.9. The highest BCUT2D eigenvalue weighted by Crippen LogP contribution is 2.15. The maximum Gasteiger partial charge on any atom is 0.407 e. The highest BCUT2D eigenvalue weighted by Gasteiger charge is 2.23. The topological polar surface area (TPSA) is 41.6 Å². The molecule has 0 unspecified atom stereocenters. The maximum absolute atomic E-state index is 11.7. The monoisotopic (exact) mass is 298 g/mol. The van der Waals surface area contributed by atoms with Crippen molar-refractivity contribution in [1.82, 2.24) is 10.2 Å². The Kier molecular flexibility index (Phi) is 7.50. The molecular formula is C17H34N2O2. The molecule has 124 valence electrons. The van der Waals surface area contributed by atoms with E-state index in [1.807, 2.05) is 20.8 Å². The number of amides is 1. The van der Waals surface area contributed by atoms with Crippen LogP contribution in [0.15, 0.2) is 0 Å². The van der Waals surface area contributed by atoms with Gasteiger partial charge in [0.2, 0.25) is 0 Å². The van der Waals surface area contributed by atoms with Gasteiger partial charge >= 0.3 is 6.09 Å². The van der Waals surface area contributed by atoms with E-state index in [4.69, 9.17) is 4.74 Å². The number of carbonyl (C=O) groups is 1. The number of ether oxygens (including phenoxy) is 1. The van der Waals surface area contributed by atoms with Crippen LogP contribution >= 0.6 is 0 Å². The number of nitrogens with one attached hydrogen (secondary N) is 1. The SMILES string of the molecule is CC[C@H](C)CCCN1CCC(NC(=O)OC(C)(C)C)CC1. The number of carbonyl (C=O) groups excluding carboxylic acids is 1. The molecule has 1 atom stereocenters. The molecule has 1 N–H and O–H groups in total. The van der Waals surface area contributed by atoms with Crippen molar-refractivity contribution in [2.24, 2.45) is 5.92 Å². The van der Waals surface area contributed by atoms with Crippen molar-refractivity contribution in [2.75, 3.05) is 19.6 Å². The lowest BCUT2D eigenvalue weighted by Gasteiger charge is -2.33. The van der Waals surface area contributed by atoms with E-state index in [0.717, 1.165) is 31.8 Å². The van der Waals surface area contributed by atoms with Crippen LogP contribution in [0.5, 0.6) is 0 Å². The summed E-state index contributed by atoms with van der Waals surface area (Å²) in [5.74, 6) is 0.844. The van der Waals surface area contributed by atoms with Gasteiger partial charge in [-0.3, -0.25) is 0 Å². The van der Waals surface area contributed by atoms with E-state index >= 15 is 0 Å². The van der Waals surface area contributed by atoms with Crippen LogP contribution in [0.1, 0.15) is 66.7 Å². The lowest BCUT2D eigenvalue weighted by atomic mass is 10.0. The van der Waals surface area contributed by atoms with Crippen molar-refractivity contribution in [3.05, 3.63) is 0 Å². The highest BCUT2D eigenvalue weighted by molar-refractivity contribution is 5.68. The van der Waals surface area contributed by atoms with Crippen LogP contribution in [0.3, 0.4) is 0 Å². The Labute approximate surface area is 130 Å². The third kappa shape index (κ3) is 8.30. The lowest BCUT2D eigenvalue weighted by Crippen LogP contribution is -2.46. The third-order valence-electron chi connectivity index (χ3n) is 4.18. The van der Waals surface area contributed by atoms with Crippen LogP contribution in [0.2, 0.25) is 0 Å². The summed E-state index contributed by atoms with van der Waals surface area (Å²) in [6.07, 6.45) is 5.68. The van der Waals surface area contributed by atoms with E-state index in [9.17, 15) is 4.79 Å². The summed E-state index contributed by atoms with van der Waals surface area (Å²) in [7, 11) is 0. The Bertz CT molecular complexity index is 304. The number of nitrogens with zero attached hydrogens (tertiary/aromatic N) is 1. The Morgan fingerprint density at radius 3 is 2.48 bits per heavy atom. The van der Waals surface area contributed by atoms with Crippen LogP contribution in [0.25, 0.3) is 0 Å². The Balaban J connectivity index is 2.16. The Morgan fingerprint density at radius 2 is 1.95 bits per heavy atom. The predicted octanol–water partition coefficient (Wildman–Crippen LogP) is 3.80. The first-order valence-corrected chi connectivity index (χ1v) is 8.52. The van der Waals surface area contributed by atoms with Crippen LogP contribution in [-0.4, -0.2) is 42.3 Å². The summed E-state index contributed by atoms with van der Waals surface area (Å²) < 4.78 is 5.31. The first kappa shape index (κ1) is 18.3. The van der Waals surface area contributed by atoms with Gasteiger partial charge in [0.1, 0.15) is 5.60 Å². The zero-order valence-electron chi connectivity index (χ0n) is 14.6. The van der Waals surface area contributed by atoms with Gasteiger partial charge in [-0.15, -0.1) is 0 Å². The fourth-order valence-electron chi connectivity index (χ4n) is 2.64. The maximum atomic E-state index is 11.7. The molecule has 1 fully saturated rings. The second kappa shape index (κ2) is 8.62. The standard InChI is InChI=1S/C17H34N2O2/c1-6-14(2)8-7-11-19-12-9-15(10-13-19)18-16(20)21-17(3,4)5/h14-15H,6-13H2,1-5H3,(H,18,20)/t14-/m0/s1. The van der Waals surface area contributed by atoms with Crippen molar-refractivity contribution < 1.29 is 9.53 Å². The smallest absolute Gasteiger partial charge is 0.407 e. The highest BCUT2D eigenvalue weighted by atomic mass is 16.6. The summed E-state index contributed by atoms with van der Waals surface area (Å²) in [6.45, 7) is 13.6. The molecule has 0 bridgehead atoms. The Hall–Kier alpha value is -0.770. The molecular weight excluding hydrogens is 264 g/mol. The molecule has 1 heterocycles. The molecule has 0 spiro atoms. The molecule has 4 nitrogen and oxygen atoms in total. The summed E-state index contributed by atoms with van der Waals surface area (Å²) in [5, 5.41) is 2.99. The van der Waals surface area contributed by atoms with Gasteiger partial charge < -0.3 is 15.0 Å². The van der Waals surface area contributed by atoms with Crippen molar-refractivity contribution >= 4 is 6.09 Å². The number of alkyl carbamates (subject to hydrolysis) is 1. The zero-order valence-corrected chi connectivity index (χ0v) is 14.6. The third-order valence-corrected chi connectivity index (χ3v) is 4.18. The lowest BCUT2D eigenvalue weighted by molar-refractivity contribution is 0.0478. The van der Waals surface area contributed by atoms with Gasteiger partial charge in [-0.25, -0.2) is 4.79 Å². The van der Waals surface area contributed by atoms with E-state index in [1.165, 1.54) is 25.8 Å². The summed E-state index contributed by atoms with van der Waals surface area (Å²) >= 11 is 0. The Morgan fingerprint density at radius 1 is 1.33 bits per heavy atom. The normalized spacial score (nSPS) is 19.3.